The van der Waals surface area contributed by atoms with Crippen LogP contribution >= 0.6 is 6.26 Å². The van der Waals surface area contributed by atoms with Crippen LogP contribution in [0, 0.1) is 0 Å². The van der Waals surface area contributed by atoms with Crippen molar-refractivity contribution in [2.24, 2.45) is 0 Å². The molecule has 2 aliphatic heterocycles. The Balaban J connectivity index is 1.63. The van der Waals surface area contributed by atoms with Crippen molar-refractivity contribution in [3.8, 4) is 0 Å². The van der Waals surface area contributed by atoms with Crippen molar-refractivity contribution in [2.45, 2.75) is 76.7 Å². The Morgan fingerprint density at radius 2 is 1.20 bits per heavy atom. The van der Waals surface area contributed by atoms with E-state index in [1.54, 1.807) is 0 Å². The van der Waals surface area contributed by atoms with Gasteiger partial charge in [0.1, 0.15) is 6.26 Å². The van der Waals surface area contributed by atoms with E-state index < -0.39 is 6.26 Å². The van der Waals surface area contributed by atoms with Gasteiger partial charge in [0.25, 0.3) is 0 Å². The minimum atomic E-state index is -2.45. The number of hydrogen-bond acceptors (Lipinski definition) is 4. The molecule has 3 aliphatic rings. The first kappa shape index (κ1) is 24.8. The third-order valence-electron chi connectivity index (χ3n) is 8.35. The van der Waals surface area contributed by atoms with Crippen LogP contribution in [0.5, 0.6) is 0 Å². The van der Waals surface area contributed by atoms with Crippen LogP contribution in [0.15, 0.2) is 71.6 Å². The van der Waals surface area contributed by atoms with Gasteiger partial charge >= 0.3 is 0 Å². The first-order chi connectivity index (χ1) is 16.5. The summed E-state index contributed by atoms with van der Waals surface area (Å²) < 4.78 is 7.00. The fourth-order valence-corrected chi connectivity index (χ4v) is 9.81. The Hall–Kier alpha value is -1.87. The zero-order valence-electron chi connectivity index (χ0n) is 22.0. The number of likely N-dealkylation sites (N-methyl/N-ethyl adjacent to an activating group) is 2. The highest BCUT2D eigenvalue weighted by molar-refractivity contribution is 8.15. The predicted octanol–water partition coefficient (Wildman–Crippen LogP) is 8.27. The zero-order valence-corrected chi connectivity index (χ0v) is 23.8. The summed E-state index contributed by atoms with van der Waals surface area (Å²) in [5, 5.41) is 0. The Morgan fingerprint density at radius 1 is 0.771 bits per heavy atom. The normalized spacial score (nSPS) is 25.1. The van der Waals surface area contributed by atoms with Crippen LogP contribution in [-0.4, -0.2) is 20.2 Å². The fourth-order valence-electron chi connectivity index (χ4n) is 6.30. The lowest BCUT2D eigenvalue weighted by Gasteiger charge is -2.32. The van der Waals surface area contributed by atoms with Gasteiger partial charge in [-0.05, 0) is 47.7 Å². The van der Waals surface area contributed by atoms with E-state index in [0.717, 1.165) is 12.8 Å². The summed E-state index contributed by atoms with van der Waals surface area (Å²) in [5.74, 6) is 4.69. The van der Waals surface area contributed by atoms with Gasteiger partial charge in [-0.2, -0.15) is 0 Å². The molecule has 1 fully saturated rings. The molecule has 2 aromatic rings. The summed E-state index contributed by atoms with van der Waals surface area (Å²) in [5.41, 5.74) is 7.50. The molecule has 0 aromatic heterocycles. The number of benzene rings is 2. The van der Waals surface area contributed by atoms with E-state index in [0.29, 0.717) is 0 Å². The summed E-state index contributed by atoms with van der Waals surface area (Å²) in [6.45, 7) is 9.26. The van der Waals surface area contributed by atoms with Crippen molar-refractivity contribution in [2.75, 3.05) is 23.9 Å². The molecule has 35 heavy (non-hydrogen) atoms. The Bertz CT molecular complexity index is 1150. The summed E-state index contributed by atoms with van der Waals surface area (Å²) in [6, 6.07) is 17.5. The molecule has 3 nitrogen and oxygen atoms in total. The number of fused-ring (bicyclic) bond motifs is 2. The van der Waals surface area contributed by atoms with Crippen molar-refractivity contribution >= 4 is 29.4 Å². The Morgan fingerprint density at radius 3 is 1.63 bits per heavy atom. The van der Waals surface area contributed by atoms with Crippen LogP contribution in [0.3, 0.4) is 0 Å². The van der Waals surface area contributed by atoms with Gasteiger partial charge in [-0.1, -0.05) is 95.2 Å². The molecule has 1 saturated carbocycles. The van der Waals surface area contributed by atoms with Gasteiger partial charge in [0.15, 0.2) is 0 Å². The molecule has 0 N–H and O–H groups in total. The second-order valence-corrected chi connectivity index (χ2v) is 15.2. The van der Waals surface area contributed by atoms with Crippen molar-refractivity contribution in [1.82, 2.24) is 0 Å². The lowest BCUT2D eigenvalue weighted by molar-refractivity contribution is 0.176. The van der Waals surface area contributed by atoms with Crippen LogP contribution in [0.1, 0.15) is 70.9 Å². The molecule has 186 valence electrons. The van der Waals surface area contributed by atoms with E-state index in [1.165, 1.54) is 53.2 Å². The second kappa shape index (κ2) is 8.91. The smallest absolute Gasteiger partial charge is 0.113 e. The van der Waals surface area contributed by atoms with Gasteiger partial charge < -0.3 is 14.3 Å². The maximum atomic E-state index is 7.00. The topological polar surface area (TPSA) is 15.7 Å². The van der Waals surface area contributed by atoms with E-state index in [4.69, 9.17) is 16.3 Å². The van der Waals surface area contributed by atoms with Gasteiger partial charge in [0, 0.05) is 47.7 Å². The molecule has 5 heteroatoms. The quantitative estimate of drug-likeness (QED) is 0.388. The van der Waals surface area contributed by atoms with E-state index in [2.05, 4.69) is 112 Å². The maximum Gasteiger partial charge on any atom is 0.113 e. The highest BCUT2D eigenvalue weighted by atomic mass is 32.4. The van der Waals surface area contributed by atoms with Gasteiger partial charge in [-0.25, -0.2) is 0 Å². The van der Waals surface area contributed by atoms with Gasteiger partial charge in [-0.3, -0.25) is 0 Å². The number of nitrogens with zero attached hydrogens (tertiary/aromatic N) is 2. The summed E-state index contributed by atoms with van der Waals surface area (Å²) >= 11 is 6.57. The number of para-hydroxylation sites is 2. The standard InChI is InChI=1S/C30H39N2OPS/c1-29(2)23-16-10-12-18-25(23)31(5)27(29)20-34(35,33-22-14-8-7-9-15-22)21-28-30(3,4)24-17-11-13-19-26(24)32(28)6/h10-13,16-22H,7-9,14-15H2,1-6H3/b27-20-,28-21?. The van der Waals surface area contributed by atoms with E-state index >= 15 is 0 Å². The monoisotopic (exact) mass is 506 g/mol. The van der Waals surface area contributed by atoms with Crippen molar-refractivity contribution < 1.29 is 4.52 Å². The van der Waals surface area contributed by atoms with E-state index in [1.807, 2.05) is 0 Å². The van der Waals surface area contributed by atoms with Crippen LogP contribution in [0.2, 0.25) is 0 Å². The van der Waals surface area contributed by atoms with Crippen LogP contribution in [0.4, 0.5) is 11.4 Å². The van der Waals surface area contributed by atoms with Gasteiger partial charge in [0.05, 0.1) is 6.10 Å². The molecule has 2 aromatic carbocycles. The van der Waals surface area contributed by atoms with Gasteiger partial charge in [0.2, 0.25) is 0 Å². The molecule has 1 atom stereocenters. The molecule has 0 spiro atoms. The number of rotatable bonds is 4. The molecule has 1 aliphatic carbocycles. The SMILES string of the molecule is CN1C(=CP(=S)(/C=C2\N(C)c3ccccc3C2(C)C)OC2CCCCC2)C(C)(C)c2ccccc21. The van der Waals surface area contributed by atoms with Crippen LogP contribution in [-0.2, 0) is 27.2 Å². The first-order valence-corrected chi connectivity index (χ1v) is 15.8. The molecular formula is C30H39N2OPS. The minimum Gasteiger partial charge on any atom is -0.347 e. The molecular weight excluding hydrogens is 467 g/mol. The van der Waals surface area contributed by atoms with Crippen molar-refractivity contribution in [3.63, 3.8) is 0 Å². The number of anilines is 2. The van der Waals surface area contributed by atoms with Crippen molar-refractivity contribution in [1.29, 1.82) is 0 Å². The largest absolute Gasteiger partial charge is 0.347 e. The van der Waals surface area contributed by atoms with Gasteiger partial charge in [-0.15, -0.1) is 0 Å². The lowest BCUT2D eigenvalue weighted by atomic mass is 9.84. The van der Waals surface area contributed by atoms with Crippen molar-refractivity contribution in [3.05, 3.63) is 82.7 Å². The first-order valence-electron chi connectivity index (χ1n) is 13.0. The molecule has 0 saturated heterocycles. The fraction of sp³-hybridized carbons (Fsp3) is 0.467. The Labute approximate surface area is 217 Å². The molecule has 2 heterocycles. The van der Waals surface area contributed by atoms with E-state index in [-0.39, 0.29) is 16.9 Å². The number of hydrogen-bond donors (Lipinski definition) is 0. The molecule has 1 unspecified atom stereocenters. The third kappa shape index (κ3) is 4.22. The molecule has 0 radical (unpaired) electrons. The third-order valence-corrected chi connectivity index (χ3v) is 11.1. The Kier molecular flexibility index (Phi) is 6.31. The summed E-state index contributed by atoms with van der Waals surface area (Å²) in [4.78, 5) is 4.66. The average molecular weight is 507 g/mol. The maximum absolute atomic E-state index is 7.00. The highest BCUT2D eigenvalue weighted by Gasteiger charge is 2.42. The zero-order chi connectivity index (χ0) is 25.0. The van der Waals surface area contributed by atoms with Crippen LogP contribution in [0.25, 0.3) is 0 Å². The second-order valence-electron chi connectivity index (χ2n) is 11.4. The molecule has 5 rings (SSSR count). The summed E-state index contributed by atoms with van der Waals surface area (Å²) in [7, 11) is 4.35. The van der Waals surface area contributed by atoms with E-state index in [9.17, 15) is 0 Å². The lowest BCUT2D eigenvalue weighted by Crippen LogP contribution is -2.25. The molecule has 0 amide bonds. The average Bonchev–Trinajstić information content (AvgIpc) is 3.15. The molecule has 0 bridgehead atoms. The highest BCUT2D eigenvalue weighted by Crippen LogP contribution is 2.61. The van der Waals surface area contributed by atoms with Crippen LogP contribution < -0.4 is 9.80 Å². The predicted molar refractivity (Wildman–Crippen MR) is 154 cm³/mol. The number of allylic oxidation sites excluding steroid dienone is 2. The summed E-state index contributed by atoms with van der Waals surface area (Å²) in [6.07, 6.45) is 3.81. The minimum absolute atomic E-state index is 0.121.